The van der Waals surface area contributed by atoms with E-state index in [0.29, 0.717) is 18.3 Å². The molecule has 0 saturated heterocycles. The standard InChI is InChI=1S/C32H42N4O2S/c1-20(2)15-16-33-26(37)18-35-27(38)19-39-29(24-12-10-9-11-22(24)4)28-30(32(6,7)8)34-36(31(28)35)25-14-13-21(3)17-23(25)5/h9-14,17,20,29H,15-16,18-19H2,1-8H3,(H,33,37). The van der Waals surface area contributed by atoms with Crippen LogP contribution in [0.25, 0.3) is 5.69 Å². The summed E-state index contributed by atoms with van der Waals surface area (Å²) < 4.78 is 1.92. The first-order valence-corrected chi connectivity index (χ1v) is 14.9. The van der Waals surface area contributed by atoms with Crippen molar-refractivity contribution in [1.82, 2.24) is 15.1 Å². The fraction of sp³-hybridized carbons (Fsp3) is 0.469. The number of aromatic nitrogens is 2. The first-order chi connectivity index (χ1) is 18.4. The number of aryl methyl sites for hydroxylation is 3. The van der Waals surface area contributed by atoms with Gasteiger partial charge in [0, 0.05) is 17.5 Å². The molecule has 6 nitrogen and oxygen atoms in total. The van der Waals surface area contributed by atoms with Crippen LogP contribution < -0.4 is 10.2 Å². The zero-order valence-corrected chi connectivity index (χ0v) is 25.4. The fourth-order valence-corrected chi connectivity index (χ4v) is 6.40. The quantitative estimate of drug-likeness (QED) is 0.371. The lowest BCUT2D eigenvalue weighted by molar-refractivity contribution is -0.122. The minimum atomic E-state index is -0.284. The summed E-state index contributed by atoms with van der Waals surface area (Å²) in [5, 5.41) is 8.17. The maximum atomic E-state index is 13.8. The van der Waals surface area contributed by atoms with Crippen LogP contribution in [0.4, 0.5) is 5.82 Å². The summed E-state index contributed by atoms with van der Waals surface area (Å²) in [6.45, 7) is 17.6. The highest BCUT2D eigenvalue weighted by Gasteiger charge is 2.40. The highest BCUT2D eigenvalue weighted by Crippen LogP contribution is 2.49. The van der Waals surface area contributed by atoms with Gasteiger partial charge in [-0.05, 0) is 55.9 Å². The van der Waals surface area contributed by atoms with E-state index in [2.05, 4.69) is 97.1 Å². The van der Waals surface area contributed by atoms with Gasteiger partial charge in [0.2, 0.25) is 11.8 Å². The van der Waals surface area contributed by atoms with Crippen LogP contribution in [0.3, 0.4) is 0 Å². The second kappa shape index (κ2) is 11.6. The zero-order chi connectivity index (χ0) is 28.5. The molecular weight excluding hydrogens is 504 g/mol. The summed E-state index contributed by atoms with van der Waals surface area (Å²) in [5.74, 6) is 1.24. The molecule has 39 heavy (non-hydrogen) atoms. The third-order valence-electron chi connectivity index (χ3n) is 7.20. The van der Waals surface area contributed by atoms with Gasteiger partial charge >= 0.3 is 0 Å². The van der Waals surface area contributed by atoms with E-state index in [1.165, 1.54) is 11.1 Å². The van der Waals surface area contributed by atoms with Gasteiger partial charge in [-0.1, -0.05) is 76.6 Å². The van der Waals surface area contributed by atoms with Gasteiger partial charge in [-0.15, -0.1) is 11.8 Å². The van der Waals surface area contributed by atoms with Crippen molar-refractivity contribution < 1.29 is 9.59 Å². The van der Waals surface area contributed by atoms with E-state index in [9.17, 15) is 9.59 Å². The molecular formula is C32H42N4O2S. The maximum absolute atomic E-state index is 13.8. The molecule has 0 saturated carbocycles. The molecule has 2 aromatic carbocycles. The minimum Gasteiger partial charge on any atom is -0.355 e. The summed E-state index contributed by atoms with van der Waals surface area (Å²) in [4.78, 5) is 28.7. The second-order valence-corrected chi connectivity index (χ2v) is 13.2. The van der Waals surface area contributed by atoms with Gasteiger partial charge in [-0.2, -0.15) is 5.10 Å². The summed E-state index contributed by atoms with van der Waals surface area (Å²) in [5.41, 5.74) is 7.17. The topological polar surface area (TPSA) is 67.2 Å². The highest BCUT2D eigenvalue weighted by atomic mass is 32.2. The molecule has 7 heteroatoms. The lowest BCUT2D eigenvalue weighted by Gasteiger charge is -2.25. The molecule has 208 valence electrons. The average molecular weight is 547 g/mol. The Balaban J connectivity index is 1.96. The number of thioether (sulfide) groups is 1. The van der Waals surface area contributed by atoms with E-state index >= 15 is 0 Å². The molecule has 3 aromatic rings. The van der Waals surface area contributed by atoms with Crippen LogP contribution in [-0.2, 0) is 15.0 Å². The van der Waals surface area contributed by atoms with Crippen molar-refractivity contribution in [3.8, 4) is 5.69 Å². The molecule has 0 aliphatic carbocycles. The number of fused-ring (bicyclic) bond motifs is 1. The first-order valence-electron chi connectivity index (χ1n) is 13.8. The molecule has 1 aliphatic heterocycles. The second-order valence-electron chi connectivity index (χ2n) is 12.1. The highest BCUT2D eigenvalue weighted by molar-refractivity contribution is 8.00. The number of rotatable bonds is 7. The van der Waals surface area contributed by atoms with Crippen molar-refractivity contribution in [2.45, 2.75) is 72.5 Å². The Bertz CT molecular complexity index is 1370. The summed E-state index contributed by atoms with van der Waals surface area (Å²) >= 11 is 1.62. The first kappa shape index (κ1) is 28.9. The van der Waals surface area contributed by atoms with Crippen LogP contribution in [0.1, 0.15) is 79.8 Å². The van der Waals surface area contributed by atoms with E-state index in [0.717, 1.165) is 34.5 Å². The third kappa shape index (κ3) is 6.24. The Morgan fingerprint density at radius 2 is 1.82 bits per heavy atom. The Hall–Kier alpha value is -3.06. The van der Waals surface area contributed by atoms with E-state index in [-0.39, 0.29) is 34.8 Å². The van der Waals surface area contributed by atoms with Crippen molar-refractivity contribution in [3.05, 3.63) is 76.0 Å². The van der Waals surface area contributed by atoms with Crippen LogP contribution in [0, 0.1) is 26.7 Å². The summed E-state index contributed by atoms with van der Waals surface area (Å²) in [7, 11) is 0. The summed E-state index contributed by atoms with van der Waals surface area (Å²) in [6, 6.07) is 14.6. The van der Waals surface area contributed by atoms with Crippen LogP contribution in [0.5, 0.6) is 0 Å². The van der Waals surface area contributed by atoms with Crippen LogP contribution in [0.15, 0.2) is 42.5 Å². The van der Waals surface area contributed by atoms with Crippen LogP contribution in [-0.4, -0.2) is 40.4 Å². The number of nitrogens with one attached hydrogen (secondary N) is 1. The Morgan fingerprint density at radius 1 is 1.10 bits per heavy atom. The largest absolute Gasteiger partial charge is 0.355 e. The predicted octanol–water partition coefficient (Wildman–Crippen LogP) is 6.43. The lowest BCUT2D eigenvalue weighted by Crippen LogP contribution is -2.42. The Labute approximate surface area is 237 Å². The molecule has 0 fully saturated rings. The molecule has 1 N–H and O–H groups in total. The number of nitrogens with zero attached hydrogens (tertiary/aromatic N) is 3. The molecule has 0 radical (unpaired) electrons. The number of benzene rings is 2. The molecule has 4 rings (SSSR count). The van der Waals surface area contributed by atoms with Gasteiger partial charge in [-0.3, -0.25) is 14.5 Å². The molecule has 1 aromatic heterocycles. The van der Waals surface area contributed by atoms with Crippen molar-refractivity contribution in [1.29, 1.82) is 0 Å². The molecule has 2 heterocycles. The zero-order valence-electron chi connectivity index (χ0n) is 24.6. The average Bonchev–Trinajstić information content (AvgIpc) is 3.17. The molecule has 2 amide bonds. The lowest BCUT2D eigenvalue weighted by atomic mass is 9.86. The smallest absolute Gasteiger partial charge is 0.240 e. The van der Waals surface area contributed by atoms with Gasteiger partial charge < -0.3 is 5.32 Å². The molecule has 0 spiro atoms. The Morgan fingerprint density at radius 3 is 2.46 bits per heavy atom. The number of amides is 2. The van der Waals surface area contributed by atoms with Gasteiger partial charge in [0.05, 0.1) is 22.4 Å². The maximum Gasteiger partial charge on any atom is 0.240 e. The fourth-order valence-electron chi connectivity index (χ4n) is 5.11. The van der Waals surface area contributed by atoms with Gasteiger partial charge in [0.25, 0.3) is 0 Å². The van der Waals surface area contributed by atoms with Crippen LogP contribution >= 0.6 is 11.8 Å². The van der Waals surface area contributed by atoms with E-state index in [4.69, 9.17) is 5.10 Å². The number of anilines is 1. The number of hydrogen-bond donors (Lipinski definition) is 1. The van der Waals surface area contributed by atoms with Gasteiger partial charge in [0.15, 0.2) is 0 Å². The monoisotopic (exact) mass is 546 g/mol. The molecule has 0 bridgehead atoms. The molecule has 1 atom stereocenters. The van der Waals surface area contributed by atoms with E-state index in [1.807, 2.05) is 10.7 Å². The SMILES string of the molecule is Cc1ccc(-n2nc(C(C)(C)C)c3c2N(CC(=O)NCCC(C)C)C(=O)CSC3c2ccccc2C)c(C)c1. The number of hydrogen-bond acceptors (Lipinski definition) is 4. The van der Waals surface area contributed by atoms with Crippen LogP contribution in [0.2, 0.25) is 0 Å². The van der Waals surface area contributed by atoms with Gasteiger partial charge in [0.1, 0.15) is 12.4 Å². The van der Waals surface area contributed by atoms with Crippen molar-refractivity contribution >= 4 is 29.4 Å². The summed E-state index contributed by atoms with van der Waals surface area (Å²) in [6.07, 6.45) is 0.894. The molecule has 1 aliphatic rings. The number of carbonyl (C=O) groups excluding carboxylic acids is 2. The van der Waals surface area contributed by atoms with Crippen molar-refractivity contribution in [2.75, 3.05) is 23.7 Å². The van der Waals surface area contributed by atoms with E-state index in [1.54, 1.807) is 16.7 Å². The predicted molar refractivity (Wildman–Crippen MR) is 162 cm³/mol. The molecule has 1 unspecified atom stereocenters. The normalized spacial score (nSPS) is 15.9. The Kier molecular flexibility index (Phi) is 8.60. The van der Waals surface area contributed by atoms with E-state index < -0.39 is 0 Å². The van der Waals surface area contributed by atoms with Gasteiger partial charge in [-0.25, -0.2) is 4.68 Å². The number of carbonyl (C=O) groups is 2. The third-order valence-corrected chi connectivity index (χ3v) is 8.43. The van der Waals surface area contributed by atoms with Crippen molar-refractivity contribution in [2.24, 2.45) is 5.92 Å². The minimum absolute atomic E-state index is 0.0365. The van der Waals surface area contributed by atoms with Crippen molar-refractivity contribution in [3.63, 3.8) is 0 Å².